The van der Waals surface area contributed by atoms with Gasteiger partial charge in [0.1, 0.15) is 5.82 Å². The molecule has 1 aliphatic rings. The molecule has 144 valence electrons. The minimum Gasteiger partial charge on any atom is -0.396 e. The minimum atomic E-state index is -0.498. The van der Waals surface area contributed by atoms with E-state index in [4.69, 9.17) is 5.73 Å². The fraction of sp³-hybridized carbons (Fsp3) is 0.250. The van der Waals surface area contributed by atoms with Crippen LogP contribution in [0.2, 0.25) is 0 Å². The van der Waals surface area contributed by atoms with Crippen LogP contribution in [0.1, 0.15) is 17.7 Å². The van der Waals surface area contributed by atoms with Gasteiger partial charge in [-0.2, -0.15) is 0 Å². The molecule has 1 aromatic carbocycles. The predicted octanol–water partition coefficient (Wildman–Crippen LogP) is 3.44. The number of urea groups is 1. The number of nitrogens with zero attached hydrogens (tertiary/aromatic N) is 2. The van der Waals surface area contributed by atoms with E-state index in [2.05, 4.69) is 25.9 Å². The van der Waals surface area contributed by atoms with Gasteiger partial charge < -0.3 is 16.4 Å². The van der Waals surface area contributed by atoms with Crippen LogP contribution in [0.3, 0.4) is 0 Å². The lowest BCUT2D eigenvalue weighted by Gasteiger charge is -2.21. The van der Waals surface area contributed by atoms with Crippen LogP contribution in [0.15, 0.2) is 24.5 Å². The molecular formula is C20H21FN6O. The van der Waals surface area contributed by atoms with Gasteiger partial charge in [-0.3, -0.25) is 10.3 Å². The Labute approximate surface area is 161 Å². The second-order valence-corrected chi connectivity index (χ2v) is 6.80. The highest BCUT2D eigenvalue weighted by atomic mass is 19.1. The fourth-order valence-electron chi connectivity index (χ4n) is 3.56. The quantitative estimate of drug-likeness (QED) is 0.510. The van der Waals surface area contributed by atoms with Gasteiger partial charge in [0.25, 0.3) is 0 Å². The molecular weight excluding hydrogens is 359 g/mol. The summed E-state index contributed by atoms with van der Waals surface area (Å²) in [4.78, 5) is 20.2. The Bertz CT molecular complexity index is 1100. The van der Waals surface area contributed by atoms with Gasteiger partial charge in [0.15, 0.2) is 5.82 Å². The van der Waals surface area contributed by atoms with Crippen molar-refractivity contribution in [3.8, 4) is 11.1 Å². The first kappa shape index (κ1) is 18.0. The second kappa shape index (κ2) is 6.95. The van der Waals surface area contributed by atoms with E-state index in [1.807, 2.05) is 6.92 Å². The number of fused-ring (bicyclic) bond motifs is 2. The summed E-state index contributed by atoms with van der Waals surface area (Å²) in [7, 11) is 1.52. The third-order valence-electron chi connectivity index (χ3n) is 5.07. The molecule has 0 saturated heterocycles. The molecule has 0 radical (unpaired) electrons. The van der Waals surface area contributed by atoms with E-state index >= 15 is 4.39 Å². The number of aromatic nitrogens is 2. The van der Waals surface area contributed by atoms with Crippen molar-refractivity contribution in [2.45, 2.75) is 19.8 Å². The lowest BCUT2D eigenvalue weighted by molar-refractivity contribution is 0.254. The summed E-state index contributed by atoms with van der Waals surface area (Å²) in [5.41, 5.74) is 10.1. The van der Waals surface area contributed by atoms with Crippen molar-refractivity contribution in [2.24, 2.45) is 0 Å². The van der Waals surface area contributed by atoms with Crippen LogP contribution in [0, 0.1) is 12.7 Å². The zero-order valence-corrected chi connectivity index (χ0v) is 15.7. The topological polar surface area (TPSA) is 105 Å². The molecule has 4 rings (SSSR count). The maximum Gasteiger partial charge on any atom is 0.320 e. The molecule has 8 heteroatoms. The number of benzene rings is 1. The van der Waals surface area contributed by atoms with Crippen LogP contribution >= 0.6 is 0 Å². The molecule has 1 aliphatic heterocycles. The summed E-state index contributed by atoms with van der Waals surface area (Å²) in [5.74, 6) is -0.146. The van der Waals surface area contributed by atoms with Crippen molar-refractivity contribution in [3.05, 3.63) is 41.6 Å². The van der Waals surface area contributed by atoms with E-state index in [1.54, 1.807) is 18.3 Å². The van der Waals surface area contributed by atoms with Crippen molar-refractivity contribution in [1.29, 1.82) is 0 Å². The zero-order valence-electron chi connectivity index (χ0n) is 15.7. The molecule has 5 N–H and O–H groups in total. The molecule has 2 aromatic heterocycles. The third kappa shape index (κ3) is 2.96. The van der Waals surface area contributed by atoms with Gasteiger partial charge in [0, 0.05) is 42.5 Å². The third-order valence-corrected chi connectivity index (χ3v) is 5.07. The molecule has 7 nitrogen and oxygen atoms in total. The molecule has 3 aromatic rings. The van der Waals surface area contributed by atoms with E-state index < -0.39 is 5.82 Å². The van der Waals surface area contributed by atoms with Crippen molar-refractivity contribution in [2.75, 3.05) is 30.0 Å². The van der Waals surface area contributed by atoms with Gasteiger partial charge in [-0.25, -0.2) is 14.2 Å². The Hall–Kier alpha value is -3.42. The van der Waals surface area contributed by atoms with Crippen molar-refractivity contribution in [1.82, 2.24) is 15.3 Å². The summed E-state index contributed by atoms with van der Waals surface area (Å²) < 4.78 is 15.1. The average Bonchev–Trinajstić information content (AvgIpc) is 2.71. The number of anilines is 3. The normalized spacial score (nSPS) is 13.0. The van der Waals surface area contributed by atoms with Crippen LogP contribution in [-0.2, 0) is 6.42 Å². The molecule has 0 unspecified atom stereocenters. The number of halogens is 1. The SMILES string of the molecule is CNC(=O)Nc1cc2cc(-c3cnc4c(c3C)NCCC4)c(F)c(N)c2cn1. The molecule has 28 heavy (non-hydrogen) atoms. The van der Waals surface area contributed by atoms with Crippen molar-refractivity contribution in [3.63, 3.8) is 0 Å². The van der Waals surface area contributed by atoms with E-state index in [0.29, 0.717) is 27.7 Å². The monoisotopic (exact) mass is 380 g/mol. The highest BCUT2D eigenvalue weighted by Gasteiger charge is 2.20. The van der Waals surface area contributed by atoms with Gasteiger partial charge in [-0.15, -0.1) is 0 Å². The summed E-state index contributed by atoms with van der Waals surface area (Å²) in [5, 5.41) is 9.62. The molecule has 0 aliphatic carbocycles. The first-order valence-electron chi connectivity index (χ1n) is 9.08. The fourth-order valence-corrected chi connectivity index (χ4v) is 3.56. The number of amides is 2. The standard InChI is InChI=1S/C20H21FN6O/c1-10-13(8-25-15-4-3-5-24-19(10)15)12-6-11-7-16(27-20(28)23-2)26-9-14(11)18(22)17(12)21/h6-9,24H,3-5,22H2,1-2H3,(H2,23,26,27,28). The van der Waals surface area contributed by atoms with Crippen LogP contribution in [0.25, 0.3) is 21.9 Å². The van der Waals surface area contributed by atoms with Gasteiger partial charge in [0.05, 0.1) is 17.1 Å². The maximum atomic E-state index is 15.1. The molecule has 3 heterocycles. The van der Waals surface area contributed by atoms with Crippen LogP contribution < -0.4 is 21.7 Å². The van der Waals surface area contributed by atoms with Gasteiger partial charge in [0.2, 0.25) is 0 Å². The molecule has 2 amide bonds. The van der Waals surface area contributed by atoms with Crippen LogP contribution in [-0.4, -0.2) is 29.6 Å². The van der Waals surface area contributed by atoms with E-state index in [1.165, 1.54) is 13.2 Å². The first-order chi connectivity index (χ1) is 13.5. The highest BCUT2D eigenvalue weighted by molar-refractivity contribution is 5.99. The summed E-state index contributed by atoms with van der Waals surface area (Å²) >= 11 is 0. The number of hydrogen-bond donors (Lipinski definition) is 4. The maximum absolute atomic E-state index is 15.1. The number of hydrogen-bond acceptors (Lipinski definition) is 5. The summed E-state index contributed by atoms with van der Waals surface area (Å²) in [6.07, 6.45) is 5.11. The number of pyridine rings is 2. The Balaban J connectivity index is 1.87. The van der Waals surface area contributed by atoms with Gasteiger partial charge in [-0.05, 0) is 42.8 Å². The Morgan fingerprint density at radius 2 is 2.07 bits per heavy atom. The molecule has 0 fully saturated rings. The zero-order chi connectivity index (χ0) is 19.8. The lowest BCUT2D eigenvalue weighted by Crippen LogP contribution is -2.24. The number of nitrogen functional groups attached to an aromatic ring is 1. The number of carbonyl (C=O) groups excluding carboxylic acids is 1. The number of rotatable bonds is 2. The van der Waals surface area contributed by atoms with Crippen molar-refractivity contribution < 1.29 is 9.18 Å². The lowest BCUT2D eigenvalue weighted by atomic mass is 9.95. The largest absolute Gasteiger partial charge is 0.396 e. The van der Waals surface area contributed by atoms with E-state index in [0.717, 1.165) is 36.3 Å². The second-order valence-electron chi connectivity index (χ2n) is 6.80. The van der Waals surface area contributed by atoms with E-state index in [-0.39, 0.29) is 11.7 Å². The number of carbonyl (C=O) groups is 1. The van der Waals surface area contributed by atoms with Gasteiger partial charge >= 0.3 is 6.03 Å². The summed E-state index contributed by atoms with van der Waals surface area (Å²) in [6.45, 7) is 2.83. The Morgan fingerprint density at radius 1 is 1.25 bits per heavy atom. The van der Waals surface area contributed by atoms with E-state index in [9.17, 15) is 4.79 Å². The first-order valence-corrected chi connectivity index (χ1v) is 9.08. The average molecular weight is 380 g/mol. The molecule has 0 bridgehead atoms. The van der Waals surface area contributed by atoms with Crippen LogP contribution in [0.4, 0.5) is 26.4 Å². The highest BCUT2D eigenvalue weighted by Crippen LogP contribution is 2.38. The summed E-state index contributed by atoms with van der Waals surface area (Å²) in [6, 6.07) is 3.00. The number of aryl methyl sites for hydroxylation is 1. The molecule has 0 atom stereocenters. The Morgan fingerprint density at radius 3 is 2.86 bits per heavy atom. The number of nitrogens with one attached hydrogen (secondary N) is 3. The predicted molar refractivity (Wildman–Crippen MR) is 109 cm³/mol. The Kier molecular flexibility index (Phi) is 4.46. The molecule has 0 spiro atoms. The number of nitrogens with two attached hydrogens (primary N) is 1. The van der Waals surface area contributed by atoms with Crippen molar-refractivity contribution >= 4 is 34.0 Å². The van der Waals surface area contributed by atoms with Gasteiger partial charge in [-0.1, -0.05) is 0 Å². The van der Waals surface area contributed by atoms with Crippen LogP contribution in [0.5, 0.6) is 0 Å². The smallest absolute Gasteiger partial charge is 0.320 e. The minimum absolute atomic E-state index is 0.0246. The molecule has 0 saturated carbocycles.